The molecule has 1 N–H and O–H groups in total. The van der Waals surface area contributed by atoms with Crippen LogP contribution in [0.2, 0.25) is 0 Å². The first-order chi connectivity index (χ1) is 15.0. The second-order valence-electron chi connectivity index (χ2n) is 8.23. The van der Waals surface area contributed by atoms with E-state index in [-0.39, 0.29) is 28.9 Å². The number of carbonyl (C=O) groups excluding carboxylic acids is 1. The molecule has 3 atom stereocenters. The summed E-state index contributed by atoms with van der Waals surface area (Å²) in [6, 6.07) is 13.2. The summed E-state index contributed by atoms with van der Waals surface area (Å²) in [5.41, 5.74) is 0.300. The highest BCUT2D eigenvalue weighted by molar-refractivity contribution is 7.99. The van der Waals surface area contributed by atoms with Crippen LogP contribution < -0.4 is 10.9 Å². The maximum Gasteiger partial charge on any atom is 0.266 e. The number of hydrogen-bond acceptors (Lipinski definition) is 4. The lowest BCUT2D eigenvalue weighted by Gasteiger charge is -2.34. The van der Waals surface area contributed by atoms with Crippen molar-refractivity contribution in [2.45, 2.75) is 44.3 Å². The van der Waals surface area contributed by atoms with Crippen LogP contribution in [0.3, 0.4) is 0 Å². The highest BCUT2D eigenvalue weighted by atomic mass is 32.2. The Morgan fingerprint density at radius 2 is 1.90 bits per heavy atom. The van der Waals surface area contributed by atoms with Crippen LogP contribution in [0, 0.1) is 17.7 Å². The molecular weight excluding hydrogens is 413 g/mol. The van der Waals surface area contributed by atoms with Gasteiger partial charge < -0.3 is 5.32 Å². The number of rotatable bonds is 5. The molecule has 1 saturated carbocycles. The van der Waals surface area contributed by atoms with E-state index in [1.54, 1.807) is 42.5 Å². The maximum atomic E-state index is 14.5. The first-order valence-electron chi connectivity index (χ1n) is 10.6. The zero-order chi connectivity index (χ0) is 22.0. The Balaban J connectivity index is 1.62. The molecule has 162 valence electrons. The van der Waals surface area contributed by atoms with Crippen molar-refractivity contribution in [2.24, 2.45) is 11.8 Å². The van der Waals surface area contributed by atoms with Gasteiger partial charge in [-0.2, -0.15) is 0 Å². The molecule has 1 aromatic heterocycles. The predicted octanol–water partition coefficient (Wildman–Crippen LogP) is 4.56. The van der Waals surface area contributed by atoms with Gasteiger partial charge in [-0.05, 0) is 42.5 Å². The van der Waals surface area contributed by atoms with Gasteiger partial charge in [0, 0.05) is 6.04 Å². The molecule has 31 heavy (non-hydrogen) atoms. The van der Waals surface area contributed by atoms with Crippen LogP contribution in [-0.2, 0) is 4.79 Å². The van der Waals surface area contributed by atoms with E-state index in [1.807, 2.05) is 0 Å². The third-order valence-electron chi connectivity index (χ3n) is 6.22. The van der Waals surface area contributed by atoms with Crippen LogP contribution >= 0.6 is 11.8 Å². The average Bonchev–Trinajstić information content (AvgIpc) is 2.76. The minimum atomic E-state index is -0.516. The number of para-hydroxylation sites is 2. The molecule has 0 radical (unpaired) electrons. The lowest BCUT2D eigenvalue weighted by Crippen LogP contribution is -2.44. The molecular formula is C24H26FN3O2S. The molecule has 1 aliphatic carbocycles. The Bertz CT molecular complexity index is 1160. The van der Waals surface area contributed by atoms with E-state index >= 15 is 0 Å². The molecule has 1 aliphatic rings. The van der Waals surface area contributed by atoms with Crippen molar-refractivity contribution in [3.05, 3.63) is 64.7 Å². The normalized spacial score (nSPS) is 21.2. The van der Waals surface area contributed by atoms with Gasteiger partial charge in [-0.15, -0.1) is 0 Å². The molecule has 3 aromatic rings. The fraction of sp³-hybridized carbons (Fsp3) is 0.375. The largest absolute Gasteiger partial charge is 0.352 e. The summed E-state index contributed by atoms with van der Waals surface area (Å²) in [5, 5.41) is 3.85. The van der Waals surface area contributed by atoms with Crippen LogP contribution in [0.5, 0.6) is 0 Å². The first kappa shape index (κ1) is 21.6. The Morgan fingerprint density at radius 3 is 2.71 bits per heavy atom. The van der Waals surface area contributed by atoms with Crippen molar-refractivity contribution < 1.29 is 9.18 Å². The third kappa shape index (κ3) is 4.51. The standard InChI is InChI=1S/C24H26FN3O2S/c1-15-8-7-12-19(16(15)2)26-22(29)14-31-24-27-20-11-5-3-9-17(20)23(30)28(24)21-13-6-4-10-18(21)25/h3-6,9-11,13,15-16,19H,7-8,12,14H2,1-2H3,(H,26,29)/t15-,16+,19-/m1/s1. The highest BCUT2D eigenvalue weighted by Gasteiger charge is 2.28. The van der Waals surface area contributed by atoms with Crippen molar-refractivity contribution in [1.82, 2.24) is 14.9 Å². The van der Waals surface area contributed by atoms with Gasteiger partial charge in [0.05, 0.1) is 22.3 Å². The zero-order valence-electron chi connectivity index (χ0n) is 17.7. The average molecular weight is 440 g/mol. The van der Waals surface area contributed by atoms with E-state index in [1.165, 1.54) is 17.1 Å². The first-order valence-corrected chi connectivity index (χ1v) is 11.6. The lowest BCUT2D eigenvalue weighted by molar-refractivity contribution is -0.120. The number of nitrogens with zero attached hydrogens (tertiary/aromatic N) is 2. The van der Waals surface area contributed by atoms with E-state index in [0.717, 1.165) is 24.6 Å². The van der Waals surface area contributed by atoms with Gasteiger partial charge in [-0.25, -0.2) is 9.37 Å². The number of halogens is 1. The molecule has 0 spiro atoms. The minimum Gasteiger partial charge on any atom is -0.352 e. The second-order valence-corrected chi connectivity index (χ2v) is 9.18. The van der Waals surface area contributed by atoms with E-state index in [0.29, 0.717) is 27.9 Å². The van der Waals surface area contributed by atoms with Crippen LogP contribution in [0.4, 0.5) is 4.39 Å². The lowest BCUT2D eigenvalue weighted by atomic mass is 9.78. The summed E-state index contributed by atoms with van der Waals surface area (Å²) in [5.74, 6) is 0.506. The predicted molar refractivity (Wildman–Crippen MR) is 122 cm³/mol. The van der Waals surface area contributed by atoms with Gasteiger partial charge in [0.2, 0.25) is 5.91 Å². The van der Waals surface area contributed by atoms with Crippen LogP contribution in [0.15, 0.2) is 58.5 Å². The number of benzene rings is 2. The van der Waals surface area contributed by atoms with E-state index in [9.17, 15) is 14.0 Å². The van der Waals surface area contributed by atoms with Crippen molar-refractivity contribution in [3.63, 3.8) is 0 Å². The number of nitrogens with one attached hydrogen (secondary N) is 1. The molecule has 0 saturated heterocycles. The monoisotopic (exact) mass is 439 g/mol. The minimum absolute atomic E-state index is 0.0987. The van der Waals surface area contributed by atoms with Crippen LogP contribution in [0.1, 0.15) is 33.1 Å². The van der Waals surface area contributed by atoms with Crippen molar-refractivity contribution in [3.8, 4) is 5.69 Å². The summed E-state index contributed by atoms with van der Waals surface area (Å²) in [7, 11) is 0. The van der Waals surface area contributed by atoms with Gasteiger partial charge in [-0.1, -0.05) is 62.7 Å². The molecule has 5 nitrogen and oxygen atoms in total. The number of carbonyl (C=O) groups is 1. The molecule has 0 aliphatic heterocycles. The summed E-state index contributed by atoms with van der Waals surface area (Å²) in [4.78, 5) is 30.4. The second kappa shape index (κ2) is 9.22. The number of thioether (sulfide) groups is 1. The molecule has 0 unspecified atom stereocenters. The summed E-state index contributed by atoms with van der Waals surface area (Å²) < 4.78 is 15.8. The molecule has 4 rings (SSSR count). The van der Waals surface area contributed by atoms with Gasteiger partial charge in [0.1, 0.15) is 5.82 Å². The van der Waals surface area contributed by atoms with E-state index < -0.39 is 5.82 Å². The Kier molecular flexibility index (Phi) is 6.41. The fourth-order valence-corrected chi connectivity index (χ4v) is 5.04. The number of hydrogen-bond donors (Lipinski definition) is 1. The number of fused-ring (bicyclic) bond motifs is 1. The van der Waals surface area contributed by atoms with Crippen molar-refractivity contribution in [1.29, 1.82) is 0 Å². The van der Waals surface area contributed by atoms with E-state index in [2.05, 4.69) is 24.1 Å². The van der Waals surface area contributed by atoms with Gasteiger partial charge in [-0.3, -0.25) is 14.2 Å². The van der Waals surface area contributed by atoms with Gasteiger partial charge >= 0.3 is 0 Å². The smallest absolute Gasteiger partial charge is 0.266 e. The Labute approximate surface area is 185 Å². The SMILES string of the molecule is C[C@H]1[C@H](C)CCC[C@H]1NC(=O)CSc1nc2ccccc2c(=O)n1-c1ccccc1F. The maximum absolute atomic E-state index is 14.5. The Hall–Kier alpha value is -2.67. The number of amides is 1. The van der Waals surface area contributed by atoms with E-state index in [4.69, 9.17) is 0 Å². The third-order valence-corrected chi connectivity index (χ3v) is 7.16. The zero-order valence-corrected chi connectivity index (χ0v) is 18.5. The molecule has 2 aromatic carbocycles. The summed E-state index contributed by atoms with van der Waals surface area (Å²) >= 11 is 1.15. The molecule has 0 bridgehead atoms. The summed E-state index contributed by atoms with van der Waals surface area (Å²) in [6.45, 7) is 4.41. The quantitative estimate of drug-likeness (QED) is 0.468. The van der Waals surface area contributed by atoms with Crippen molar-refractivity contribution >= 4 is 28.6 Å². The van der Waals surface area contributed by atoms with Gasteiger partial charge in [0.25, 0.3) is 5.56 Å². The van der Waals surface area contributed by atoms with Gasteiger partial charge in [0.15, 0.2) is 5.16 Å². The molecule has 1 heterocycles. The number of aromatic nitrogens is 2. The van der Waals surface area contributed by atoms with Crippen LogP contribution in [-0.4, -0.2) is 27.3 Å². The topological polar surface area (TPSA) is 64.0 Å². The molecule has 7 heteroatoms. The fourth-order valence-electron chi connectivity index (χ4n) is 4.22. The summed E-state index contributed by atoms with van der Waals surface area (Å²) in [6.07, 6.45) is 3.29. The molecule has 1 fully saturated rings. The van der Waals surface area contributed by atoms with Crippen molar-refractivity contribution in [2.75, 3.05) is 5.75 Å². The highest BCUT2D eigenvalue weighted by Crippen LogP contribution is 2.30. The molecule has 1 amide bonds. The van der Waals surface area contributed by atoms with Crippen LogP contribution in [0.25, 0.3) is 16.6 Å². The Morgan fingerprint density at radius 1 is 1.16 bits per heavy atom.